The Morgan fingerprint density at radius 3 is 2.71 bits per heavy atom. The van der Waals surface area contributed by atoms with Crippen LogP contribution in [0.4, 0.5) is 13.6 Å². The van der Waals surface area contributed by atoms with Crippen LogP contribution >= 0.6 is 0 Å². The molecule has 8 nitrogen and oxygen atoms in total. The largest absolute Gasteiger partial charge is 0.348 e. The Bertz CT molecular complexity index is 1660. The van der Waals surface area contributed by atoms with Gasteiger partial charge in [0.15, 0.2) is 11.6 Å². The number of carbonyl (C=O) groups excluding carboxylic acids is 2. The van der Waals surface area contributed by atoms with E-state index in [0.717, 1.165) is 30.6 Å². The zero-order chi connectivity index (χ0) is 26.0. The average Bonchev–Trinajstić information content (AvgIpc) is 3.61. The summed E-state index contributed by atoms with van der Waals surface area (Å²) >= 11 is 0. The molecule has 6 heterocycles. The predicted molar refractivity (Wildman–Crippen MR) is 138 cm³/mol. The number of hydrogen-bond acceptors (Lipinski definition) is 3. The third-order valence-corrected chi connectivity index (χ3v) is 7.93. The maximum atomic E-state index is 15.5. The SMILES string of the molecule is O=C1NCC(c2cnc3ccccn23)=C1c1cn2c3c(cc(F)c(F)c13)CN(C(=O)N1CCCCC1)CC2. The monoisotopic (exact) mass is 516 g/mol. The van der Waals surface area contributed by atoms with Gasteiger partial charge in [-0.05, 0) is 43.0 Å². The van der Waals surface area contributed by atoms with Crippen molar-refractivity contribution in [2.45, 2.75) is 32.4 Å². The Morgan fingerprint density at radius 1 is 1.03 bits per heavy atom. The molecule has 3 aliphatic rings. The van der Waals surface area contributed by atoms with Gasteiger partial charge >= 0.3 is 6.03 Å². The zero-order valence-corrected chi connectivity index (χ0v) is 20.7. The quantitative estimate of drug-likeness (QED) is 0.437. The molecule has 7 rings (SSSR count). The molecule has 0 bridgehead atoms. The molecule has 3 amide bonds. The summed E-state index contributed by atoms with van der Waals surface area (Å²) in [5.41, 5.74) is 3.85. The van der Waals surface area contributed by atoms with Crippen LogP contribution in [0.3, 0.4) is 0 Å². The fourth-order valence-corrected chi connectivity index (χ4v) is 6.12. The number of urea groups is 1. The number of likely N-dealkylation sites (tertiary alicyclic amines) is 1. The van der Waals surface area contributed by atoms with Crippen LogP contribution in [0.25, 0.3) is 27.7 Å². The second-order valence-corrected chi connectivity index (χ2v) is 10.2. The summed E-state index contributed by atoms with van der Waals surface area (Å²) in [6.45, 7) is 2.68. The number of hydrogen-bond donors (Lipinski definition) is 1. The van der Waals surface area contributed by atoms with Crippen LogP contribution in [0.2, 0.25) is 0 Å². The predicted octanol–water partition coefficient (Wildman–Crippen LogP) is 4.03. The standard InChI is InChI=1S/C28H26F2N6O2/c29-20-12-17-15-35(28(38)33-7-3-1-4-8-33)11-10-34-16-19(24(25(20)30)26(17)34)23-18(13-32-27(23)37)21-14-31-22-6-2-5-9-36(21)22/h2,5-6,9,12,14,16H,1,3-4,7-8,10-11,13,15H2,(H,32,37). The molecule has 0 spiro atoms. The number of aromatic nitrogens is 3. The summed E-state index contributed by atoms with van der Waals surface area (Å²) in [5.74, 6) is -2.32. The highest BCUT2D eigenvalue weighted by atomic mass is 19.2. The number of nitrogens with one attached hydrogen (secondary N) is 1. The molecule has 4 aromatic rings. The summed E-state index contributed by atoms with van der Waals surface area (Å²) in [6, 6.07) is 6.74. The van der Waals surface area contributed by atoms with Crippen LogP contribution in [0, 0.1) is 11.6 Å². The summed E-state index contributed by atoms with van der Waals surface area (Å²) in [6.07, 6.45) is 8.35. The van der Waals surface area contributed by atoms with Crippen LogP contribution in [0.15, 0.2) is 42.9 Å². The van der Waals surface area contributed by atoms with E-state index in [2.05, 4.69) is 10.3 Å². The maximum Gasteiger partial charge on any atom is 0.320 e. The Labute approximate surface area is 217 Å². The molecule has 1 fully saturated rings. The van der Waals surface area contributed by atoms with E-state index in [1.807, 2.05) is 38.3 Å². The van der Waals surface area contributed by atoms with Crippen molar-refractivity contribution in [2.24, 2.45) is 0 Å². The van der Waals surface area contributed by atoms with Crippen LogP contribution in [0.1, 0.15) is 36.1 Å². The number of piperidine rings is 1. The molecule has 0 aliphatic carbocycles. The van der Waals surface area contributed by atoms with Gasteiger partial charge in [-0.2, -0.15) is 0 Å². The highest BCUT2D eigenvalue weighted by molar-refractivity contribution is 6.32. The second-order valence-electron chi connectivity index (χ2n) is 10.2. The molecule has 1 saturated heterocycles. The number of nitrogens with zero attached hydrogens (tertiary/aromatic N) is 5. The van der Waals surface area contributed by atoms with E-state index in [1.165, 1.54) is 6.07 Å². The maximum absolute atomic E-state index is 15.5. The first-order chi connectivity index (χ1) is 18.5. The first-order valence-corrected chi connectivity index (χ1v) is 13.0. The first kappa shape index (κ1) is 22.9. The fraction of sp³-hybridized carbons (Fsp3) is 0.321. The molecule has 10 heteroatoms. The van der Waals surface area contributed by atoms with E-state index in [-0.39, 0.29) is 30.4 Å². The fourth-order valence-electron chi connectivity index (χ4n) is 6.12. The number of amides is 3. The summed E-state index contributed by atoms with van der Waals surface area (Å²) < 4.78 is 34.3. The zero-order valence-electron chi connectivity index (χ0n) is 20.7. The van der Waals surface area contributed by atoms with E-state index in [4.69, 9.17) is 0 Å². The van der Waals surface area contributed by atoms with Gasteiger partial charge in [-0.1, -0.05) is 6.07 Å². The van der Waals surface area contributed by atoms with Gasteiger partial charge in [-0.25, -0.2) is 18.6 Å². The van der Waals surface area contributed by atoms with Crippen molar-refractivity contribution in [1.29, 1.82) is 0 Å². The van der Waals surface area contributed by atoms with Gasteiger partial charge in [0.2, 0.25) is 0 Å². The van der Waals surface area contributed by atoms with Gasteiger partial charge in [-0.3, -0.25) is 9.20 Å². The van der Waals surface area contributed by atoms with Crippen molar-refractivity contribution in [3.63, 3.8) is 0 Å². The summed E-state index contributed by atoms with van der Waals surface area (Å²) in [4.78, 5) is 34.4. The molecule has 1 N–H and O–H groups in total. The minimum absolute atomic E-state index is 0.0682. The number of rotatable bonds is 2. The number of benzene rings is 1. The number of pyridine rings is 1. The molecule has 0 atom stereocenters. The van der Waals surface area contributed by atoms with Gasteiger partial charge in [0.1, 0.15) is 5.65 Å². The first-order valence-electron chi connectivity index (χ1n) is 13.0. The third kappa shape index (κ3) is 3.43. The molecule has 38 heavy (non-hydrogen) atoms. The molecular formula is C28H26F2N6O2. The van der Waals surface area contributed by atoms with Crippen molar-refractivity contribution >= 4 is 39.6 Å². The molecular weight excluding hydrogens is 490 g/mol. The molecule has 0 unspecified atom stereocenters. The number of fused-ring (bicyclic) bond motifs is 1. The minimum atomic E-state index is -0.992. The van der Waals surface area contributed by atoms with E-state index in [1.54, 1.807) is 17.3 Å². The minimum Gasteiger partial charge on any atom is -0.348 e. The average molecular weight is 517 g/mol. The molecule has 1 aromatic carbocycles. The molecule has 3 aliphatic heterocycles. The highest BCUT2D eigenvalue weighted by Crippen LogP contribution is 2.39. The van der Waals surface area contributed by atoms with E-state index < -0.39 is 11.6 Å². The lowest BCUT2D eigenvalue weighted by atomic mass is 9.98. The van der Waals surface area contributed by atoms with Gasteiger partial charge in [0.25, 0.3) is 5.91 Å². The van der Waals surface area contributed by atoms with Crippen molar-refractivity contribution in [3.8, 4) is 0 Å². The van der Waals surface area contributed by atoms with Gasteiger partial charge in [0, 0.05) is 68.2 Å². The Kier molecular flexibility index (Phi) is 5.24. The lowest BCUT2D eigenvalue weighted by molar-refractivity contribution is -0.114. The normalized spacial score (nSPS) is 18.0. The summed E-state index contributed by atoms with van der Waals surface area (Å²) in [5, 5.41) is 2.93. The topological polar surface area (TPSA) is 74.9 Å². The van der Waals surface area contributed by atoms with Crippen molar-refractivity contribution in [3.05, 3.63) is 71.3 Å². The Balaban J connectivity index is 1.37. The number of imidazole rings is 1. The molecule has 194 valence electrons. The summed E-state index contributed by atoms with van der Waals surface area (Å²) in [7, 11) is 0. The van der Waals surface area contributed by atoms with Crippen molar-refractivity contribution in [2.75, 3.05) is 26.2 Å². The van der Waals surface area contributed by atoms with Crippen molar-refractivity contribution < 1.29 is 18.4 Å². The number of carbonyl (C=O) groups is 2. The highest BCUT2D eigenvalue weighted by Gasteiger charge is 2.33. The van der Waals surface area contributed by atoms with E-state index in [0.29, 0.717) is 54.0 Å². The lowest BCUT2D eigenvalue weighted by Crippen LogP contribution is -2.45. The van der Waals surface area contributed by atoms with Crippen LogP contribution in [-0.4, -0.2) is 61.9 Å². The Hall–Kier alpha value is -4.21. The van der Waals surface area contributed by atoms with Gasteiger partial charge in [0.05, 0.1) is 23.0 Å². The van der Waals surface area contributed by atoms with Gasteiger partial charge < -0.3 is 19.7 Å². The van der Waals surface area contributed by atoms with Crippen LogP contribution in [-0.2, 0) is 17.9 Å². The van der Waals surface area contributed by atoms with E-state index >= 15 is 8.78 Å². The van der Waals surface area contributed by atoms with Crippen molar-refractivity contribution in [1.82, 2.24) is 29.1 Å². The van der Waals surface area contributed by atoms with E-state index in [9.17, 15) is 9.59 Å². The van der Waals surface area contributed by atoms with Gasteiger partial charge in [-0.15, -0.1) is 0 Å². The van der Waals surface area contributed by atoms with Crippen LogP contribution < -0.4 is 5.32 Å². The Morgan fingerprint density at radius 2 is 1.87 bits per heavy atom. The van der Waals surface area contributed by atoms with Crippen LogP contribution in [0.5, 0.6) is 0 Å². The molecule has 0 radical (unpaired) electrons. The second kappa shape index (κ2) is 8.68. The molecule has 3 aromatic heterocycles. The smallest absolute Gasteiger partial charge is 0.320 e. The number of halogens is 2. The molecule has 0 saturated carbocycles. The third-order valence-electron chi connectivity index (χ3n) is 7.93. The lowest BCUT2D eigenvalue weighted by Gasteiger charge is -2.32.